The highest BCUT2D eigenvalue weighted by Gasteiger charge is 2.19. The molecule has 6 heteroatoms. The van der Waals surface area contributed by atoms with Crippen molar-refractivity contribution in [2.45, 2.75) is 19.4 Å². The summed E-state index contributed by atoms with van der Waals surface area (Å²) < 4.78 is 0. The Kier molecular flexibility index (Phi) is 5.30. The van der Waals surface area contributed by atoms with Gasteiger partial charge in [-0.05, 0) is 19.5 Å². The Balaban J connectivity index is 2.08. The zero-order chi connectivity index (χ0) is 15.2. The lowest BCUT2D eigenvalue weighted by Gasteiger charge is -2.23. The largest absolute Gasteiger partial charge is 0.409 e. The van der Waals surface area contributed by atoms with E-state index in [9.17, 15) is 0 Å². The van der Waals surface area contributed by atoms with Gasteiger partial charge < -0.3 is 10.9 Å². The van der Waals surface area contributed by atoms with Crippen molar-refractivity contribution in [3.05, 3.63) is 52.0 Å². The molecule has 2 aromatic rings. The van der Waals surface area contributed by atoms with Crippen LogP contribution in [-0.4, -0.2) is 34.5 Å². The summed E-state index contributed by atoms with van der Waals surface area (Å²) in [6.45, 7) is 3.40. The molecule has 1 aromatic heterocycles. The van der Waals surface area contributed by atoms with Crippen LogP contribution in [0.4, 0.5) is 0 Å². The Hall–Kier alpha value is -1.92. The van der Waals surface area contributed by atoms with E-state index in [1.807, 2.05) is 44.3 Å². The van der Waals surface area contributed by atoms with E-state index in [1.165, 1.54) is 0 Å². The van der Waals surface area contributed by atoms with Gasteiger partial charge in [0, 0.05) is 18.5 Å². The number of hydrogen-bond donors (Lipinski definition) is 2. The molecule has 0 radical (unpaired) electrons. The summed E-state index contributed by atoms with van der Waals surface area (Å²) in [5.41, 5.74) is 7.94. The van der Waals surface area contributed by atoms with Crippen molar-refractivity contribution < 1.29 is 5.21 Å². The predicted octanol–water partition coefficient (Wildman–Crippen LogP) is 2.41. The molecule has 0 aliphatic heterocycles. The second-order valence-electron chi connectivity index (χ2n) is 5.04. The Bertz CT molecular complexity index is 597. The van der Waals surface area contributed by atoms with Crippen LogP contribution in [0.25, 0.3) is 0 Å². The fourth-order valence-electron chi connectivity index (χ4n) is 2.26. The van der Waals surface area contributed by atoms with Gasteiger partial charge in [0.05, 0.1) is 16.6 Å². The van der Waals surface area contributed by atoms with Crippen LogP contribution in [-0.2, 0) is 6.54 Å². The lowest BCUT2D eigenvalue weighted by molar-refractivity contribution is 0.301. The number of oxime groups is 1. The van der Waals surface area contributed by atoms with E-state index in [0.29, 0.717) is 6.54 Å². The molecule has 112 valence electrons. The second kappa shape index (κ2) is 7.19. The maximum absolute atomic E-state index is 9.01. The summed E-state index contributed by atoms with van der Waals surface area (Å²) in [6, 6.07) is 9.84. The van der Waals surface area contributed by atoms with Crippen LogP contribution in [0.5, 0.6) is 0 Å². The fraction of sp³-hybridized carbons (Fsp3) is 0.333. The SMILES string of the molecule is Cc1nc(CN(C)CC(C(N)=NO)c2ccccc2)cs1. The smallest absolute Gasteiger partial charge is 0.147 e. The third-order valence-corrected chi connectivity index (χ3v) is 4.09. The molecule has 1 unspecified atom stereocenters. The molecule has 21 heavy (non-hydrogen) atoms. The number of amidine groups is 1. The molecule has 3 N–H and O–H groups in total. The molecule has 0 fully saturated rings. The average Bonchev–Trinajstić information content (AvgIpc) is 2.90. The molecule has 1 atom stereocenters. The Morgan fingerprint density at radius 1 is 1.43 bits per heavy atom. The Morgan fingerprint density at radius 3 is 2.71 bits per heavy atom. The molecule has 2 rings (SSSR count). The van der Waals surface area contributed by atoms with Crippen LogP contribution in [0.3, 0.4) is 0 Å². The van der Waals surface area contributed by atoms with Crippen molar-refractivity contribution in [3.8, 4) is 0 Å². The minimum absolute atomic E-state index is 0.138. The summed E-state index contributed by atoms with van der Waals surface area (Å²) >= 11 is 1.65. The normalized spacial score (nSPS) is 13.6. The van der Waals surface area contributed by atoms with Gasteiger partial charge >= 0.3 is 0 Å². The number of aryl methyl sites for hydroxylation is 1. The lowest BCUT2D eigenvalue weighted by atomic mass is 9.97. The van der Waals surface area contributed by atoms with Crippen LogP contribution < -0.4 is 5.73 Å². The molecule has 0 spiro atoms. The first-order valence-electron chi connectivity index (χ1n) is 6.72. The van der Waals surface area contributed by atoms with Crippen molar-refractivity contribution >= 4 is 17.2 Å². The molecule has 0 amide bonds. The van der Waals surface area contributed by atoms with E-state index in [4.69, 9.17) is 10.9 Å². The maximum Gasteiger partial charge on any atom is 0.147 e. The van der Waals surface area contributed by atoms with E-state index >= 15 is 0 Å². The highest BCUT2D eigenvalue weighted by Crippen LogP contribution is 2.18. The predicted molar refractivity (Wildman–Crippen MR) is 85.8 cm³/mol. The number of nitrogens with zero attached hydrogens (tertiary/aromatic N) is 3. The van der Waals surface area contributed by atoms with Crippen molar-refractivity contribution in [1.82, 2.24) is 9.88 Å². The summed E-state index contributed by atoms with van der Waals surface area (Å²) in [7, 11) is 2.01. The number of aromatic nitrogens is 1. The van der Waals surface area contributed by atoms with Crippen molar-refractivity contribution in [2.24, 2.45) is 10.9 Å². The third-order valence-electron chi connectivity index (χ3n) is 3.27. The lowest BCUT2D eigenvalue weighted by Crippen LogP contribution is -2.32. The highest BCUT2D eigenvalue weighted by atomic mass is 32.1. The first kappa shape index (κ1) is 15.5. The first-order chi connectivity index (χ1) is 10.1. The number of nitrogens with two attached hydrogens (primary N) is 1. The highest BCUT2D eigenvalue weighted by molar-refractivity contribution is 7.09. The second-order valence-corrected chi connectivity index (χ2v) is 6.10. The van der Waals surface area contributed by atoms with E-state index < -0.39 is 0 Å². The zero-order valence-electron chi connectivity index (χ0n) is 12.2. The van der Waals surface area contributed by atoms with Gasteiger partial charge in [0.2, 0.25) is 0 Å². The first-order valence-corrected chi connectivity index (χ1v) is 7.60. The van der Waals surface area contributed by atoms with Crippen molar-refractivity contribution in [2.75, 3.05) is 13.6 Å². The van der Waals surface area contributed by atoms with Gasteiger partial charge in [-0.2, -0.15) is 0 Å². The summed E-state index contributed by atoms with van der Waals surface area (Å²) in [4.78, 5) is 6.59. The van der Waals surface area contributed by atoms with Gasteiger partial charge in [0.15, 0.2) is 0 Å². The van der Waals surface area contributed by atoms with E-state index in [2.05, 4.69) is 20.4 Å². The van der Waals surface area contributed by atoms with Crippen LogP contribution in [0.2, 0.25) is 0 Å². The van der Waals surface area contributed by atoms with E-state index in [-0.39, 0.29) is 11.8 Å². The quantitative estimate of drug-likeness (QED) is 0.372. The van der Waals surface area contributed by atoms with Gasteiger partial charge in [-0.3, -0.25) is 4.90 Å². The number of likely N-dealkylation sites (N-methyl/N-ethyl adjacent to an activating group) is 1. The van der Waals surface area contributed by atoms with Gasteiger partial charge in [-0.1, -0.05) is 35.5 Å². The third kappa shape index (κ3) is 4.27. The number of hydrogen-bond acceptors (Lipinski definition) is 5. The molecule has 1 heterocycles. The monoisotopic (exact) mass is 304 g/mol. The Morgan fingerprint density at radius 2 is 2.14 bits per heavy atom. The van der Waals surface area contributed by atoms with Crippen LogP contribution in [0.1, 0.15) is 22.2 Å². The van der Waals surface area contributed by atoms with Crippen LogP contribution in [0, 0.1) is 6.92 Å². The molecular weight excluding hydrogens is 284 g/mol. The van der Waals surface area contributed by atoms with Gasteiger partial charge in [-0.15, -0.1) is 11.3 Å². The van der Waals surface area contributed by atoms with E-state index in [1.54, 1.807) is 11.3 Å². The van der Waals surface area contributed by atoms with Gasteiger partial charge in [0.1, 0.15) is 5.84 Å². The summed E-state index contributed by atoms with van der Waals surface area (Å²) in [5.74, 6) is 0.0865. The minimum Gasteiger partial charge on any atom is -0.409 e. The summed E-state index contributed by atoms with van der Waals surface area (Å²) in [6.07, 6.45) is 0. The number of rotatable bonds is 6. The van der Waals surface area contributed by atoms with Crippen molar-refractivity contribution in [3.63, 3.8) is 0 Å². The Labute approximate surface area is 128 Å². The zero-order valence-corrected chi connectivity index (χ0v) is 13.0. The van der Waals surface area contributed by atoms with Gasteiger partial charge in [-0.25, -0.2) is 4.98 Å². The number of benzene rings is 1. The van der Waals surface area contributed by atoms with Crippen molar-refractivity contribution in [1.29, 1.82) is 0 Å². The molecule has 0 saturated heterocycles. The van der Waals surface area contributed by atoms with Crippen LogP contribution >= 0.6 is 11.3 Å². The molecular formula is C15H20N4OS. The fourth-order valence-corrected chi connectivity index (χ4v) is 2.86. The molecule has 5 nitrogen and oxygen atoms in total. The maximum atomic E-state index is 9.01. The summed E-state index contributed by atoms with van der Waals surface area (Å²) in [5, 5.41) is 15.3. The standard InChI is InChI=1S/C15H20N4OS/c1-11-17-13(10-21-11)8-19(2)9-14(15(16)18-20)12-6-4-3-5-7-12/h3-7,10,14,20H,8-9H2,1-2H3,(H2,16,18). The van der Waals surface area contributed by atoms with Gasteiger partial charge in [0.25, 0.3) is 0 Å². The molecule has 0 saturated carbocycles. The van der Waals surface area contributed by atoms with E-state index in [0.717, 1.165) is 22.8 Å². The molecule has 0 bridgehead atoms. The minimum atomic E-state index is -0.138. The molecule has 0 aliphatic carbocycles. The molecule has 1 aromatic carbocycles. The molecule has 0 aliphatic rings. The van der Waals surface area contributed by atoms with Crippen LogP contribution in [0.15, 0.2) is 40.9 Å². The average molecular weight is 304 g/mol. The topological polar surface area (TPSA) is 74.7 Å². The number of thiazole rings is 1.